The van der Waals surface area contributed by atoms with Crippen LogP contribution in [0.25, 0.3) is 5.70 Å². The van der Waals surface area contributed by atoms with Gasteiger partial charge in [-0.25, -0.2) is 0 Å². The summed E-state index contributed by atoms with van der Waals surface area (Å²) in [6.07, 6.45) is 1.84. The van der Waals surface area contributed by atoms with E-state index < -0.39 is 0 Å². The van der Waals surface area contributed by atoms with Gasteiger partial charge in [0.2, 0.25) is 0 Å². The number of methoxy groups -OCH3 is 2. The van der Waals surface area contributed by atoms with Gasteiger partial charge in [-0.2, -0.15) is 0 Å². The number of fused-ring (bicyclic) bond motifs is 2. The van der Waals surface area contributed by atoms with Crippen molar-refractivity contribution >= 4 is 45.6 Å². The van der Waals surface area contributed by atoms with Gasteiger partial charge in [0.1, 0.15) is 5.75 Å². The molecule has 2 aliphatic rings. The molecule has 1 aliphatic heterocycles. The second-order valence-electron chi connectivity index (χ2n) is 6.51. The second kappa shape index (κ2) is 7.20. The Kier molecular flexibility index (Phi) is 4.90. The molecule has 1 aliphatic carbocycles. The smallest absolute Gasteiger partial charge is 0.171 e. The summed E-state index contributed by atoms with van der Waals surface area (Å²) >= 11 is 7.60. The maximum absolute atomic E-state index is 10.2. The van der Waals surface area contributed by atoms with Crippen molar-refractivity contribution in [1.29, 1.82) is 0 Å². The molecule has 0 saturated heterocycles. The quantitative estimate of drug-likeness (QED) is 0.445. The predicted molar refractivity (Wildman–Crippen MR) is 117 cm³/mol. The van der Waals surface area contributed by atoms with Crippen molar-refractivity contribution in [3.05, 3.63) is 56.2 Å². The summed E-state index contributed by atoms with van der Waals surface area (Å²) in [4.78, 5) is 0. The minimum Gasteiger partial charge on any atom is -0.504 e. The highest BCUT2D eigenvalue weighted by Gasteiger charge is 2.31. The van der Waals surface area contributed by atoms with Crippen LogP contribution < -0.4 is 20.1 Å². The third-order valence-corrected chi connectivity index (χ3v) is 6.08. The van der Waals surface area contributed by atoms with E-state index in [0.29, 0.717) is 10.9 Å². The highest BCUT2D eigenvalue weighted by molar-refractivity contribution is 14.1. The fourth-order valence-electron chi connectivity index (χ4n) is 3.72. The Bertz CT molecular complexity index is 974. The number of hydrogen-bond donors (Lipinski definition) is 3. The lowest BCUT2D eigenvalue weighted by Gasteiger charge is -2.36. The Morgan fingerprint density at radius 3 is 2.70 bits per heavy atom. The predicted octanol–water partition coefficient (Wildman–Crippen LogP) is 3.89. The fraction of sp³-hybridized carbons (Fsp3) is 0.250. The first-order valence-corrected chi connectivity index (χ1v) is 10.0. The first-order valence-electron chi connectivity index (χ1n) is 8.56. The third-order valence-electron chi connectivity index (χ3n) is 5.03. The summed E-state index contributed by atoms with van der Waals surface area (Å²) in [7, 11) is 3.24. The van der Waals surface area contributed by atoms with Gasteiger partial charge in [-0.05, 0) is 94.7 Å². The lowest BCUT2D eigenvalue weighted by atomic mass is 9.82. The maximum Gasteiger partial charge on any atom is 0.171 e. The Balaban J connectivity index is 1.83. The summed E-state index contributed by atoms with van der Waals surface area (Å²) in [6, 6.07) is 9.93. The van der Waals surface area contributed by atoms with Gasteiger partial charge in [0, 0.05) is 11.3 Å². The normalized spacial score (nSPS) is 18.2. The molecular weight excluding hydrogens is 475 g/mol. The van der Waals surface area contributed by atoms with Gasteiger partial charge < -0.3 is 25.2 Å². The molecule has 1 unspecified atom stereocenters. The average molecular weight is 494 g/mol. The summed E-state index contributed by atoms with van der Waals surface area (Å²) in [5.74, 6) is 1.49. The molecule has 27 heavy (non-hydrogen) atoms. The third kappa shape index (κ3) is 3.23. The van der Waals surface area contributed by atoms with Crippen molar-refractivity contribution in [2.75, 3.05) is 14.2 Å². The fourth-order valence-corrected chi connectivity index (χ4v) is 4.57. The Morgan fingerprint density at radius 2 is 1.96 bits per heavy atom. The number of rotatable bonds is 3. The summed E-state index contributed by atoms with van der Waals surface area (Å²) < 4.78 is 11.5. The zero-order valence-corrected chi connectivity index (χ0v) is 17.9. The number of halogens is 1. The van der Waals surface area contributed by atoms with Crippen LogP contribution in [-0.4, -0.2) is 24.4 Å². The molecule has 1 atom stereocenters. The van der Waals surface area contributed by atoms with Crippen LogP contribution >= 0.6 is 34.8 Å². The van der Waals surface area contributed by atoms with Gasteiger partial charge in [0.15, 0.2) is 16.6 Å². The number of aromatic hydroxyl groups is 1. The molecule has 2 aromatic carbocycles. The SMILES string of the molecule is COc1ccc2c(c1)CCC1=C2NC(=S)NC1c1cc(I)c(O)c(OC)c1. The minimum absolute atomic E-state index is 0.0629. The molecule has 0 radical (unpaired) electrons. The molecule has 0 fully saturated rings. The standard InChI is InChI=1S/C20H19IN2O3S/c1-25-12-4-6-13-10(7-12)3-5-14-17(22-20(27)23-18(13)14)11-8-15(21)19(24)16(9-11)26-2/h4,6-9,17,24H,3,5H2,1-2H3,(H2,22,23,27). The topological polar surface area (TPSA) is 62.8 Å². The minimum atomic E-state index is -0.0629. The number of benzene rings is 2. The van der Waals surface area contributed by atoms with Crippen molar-refractivity contribution in [3.63, 3.8) is 0 Å². The molecule has 2 aromatic rings. The zero-order valence-electron chi connectivity index (χ0n) is 14.9. The van der Waals surface area contributed by atoms with E-state index in [9.17, 15) is 5.11 Å². The molecule has 0 spiro atoms. The lowest BCUT2D eigenvalue weighted by Crippen LogP contribution is -2.44. The van der Waals surface area contributed by atoms with Gasteiger partial charge in [-0.1, -0.05) is 0 Å². The Morgan fingerprint density at radius 1 is 1.15 bits per heavy atom. The number of phenolic OH excluding ortho intramolecular Hbond substituents is 1. The van der Waals surface area contributed by atoms with Crippen molar-refractivity contribution in [3.8, 4) is 17.2 Å². The molecule has 7 heteroatoms. The van der Waals surface area contributed by atoms with Crippen LogP contribution in [0.4, 0.5) is 0 Å². The van der Waals surface area contributed by atoms with Crippen LogP contribution in [0.5, 0.6) is 17.2 Å². The second-order valence-corrected chi connectivity index (χ2v) is 8.08. The van der Waals surface area contributed by atoms with E-state index in [1.807, 2.05) is 18.2 Å². The molecule has 1 heterocycles. The van der Waals surface area contributed by atoms with Gasteiger partial charge in [-0.15, -0.1) is 0 Å². The van der Waals surface area contributed by atoms with E-state index in [0.717, 1.165) is 39.0 Å². The molecular formula is C20H19IN2O3S. The maximum atomic E-state index is 10.2. The molecule has 0 aromatic heterocycles. The number of aryl methyl sites for hydroxylation is 1. The van der Waals surface area contributed by atoms with Crippen molar-refractivity contribution in [1.82, 2.24) is 10.6 Å². The van der Waals surface area contributed by atoms with Crippen molar-refractivity contribution in [2.45, 2.75) is 18.9 Å². The van der Waals surface area contributed by atoms with E-state index in [1.165, 1.54) is 11.1 Å². The van der Waals surface area contributed by atoms with Crippen LogP contribution in [0.3, 0.4) is 0 Å². The number of hydrogen-bond acceptors (Lipinski definition) is 4. The van der Waals surface area contributed by atoms with Crippen LogP contribution in [0.2, 0.25) is 0 Å². The van der Waals surface area contributed by atoms with E-state index in [-0.39, 0.29) is 11.8 Å². The Hall–Kier alpha value is -2.00. The van der Waals surface area contributed by atoms with Crippen LogP contribution in [-0.2, 0) is 6.42 Å². The van der Waals surface area contributed by atoms with E-state index in [2.05, 4.69) is 45.4 Å². The van der Waals surface area contributed by atoms with Crippen LogP contribution in [0.1, 0.15) is 29.2 Å². The van der Waals surface area contributed by atoms with Gasteiger partial charge in [-0.3, -0.25) is 0 Å². The largest absolute Gasteiger partial charge is 0.504 e. The molecule has 5 nitrogen and oxygen atoms in total. The number of phenols is 1. The molecule has 140 valence electrons. The van der Waals surface area contributed by atoms with Crippen molar-refractivity contribution < 1.29 is 14.6 Å². The molecule has 0 bridgehead atoms. The first kappa shape index (κ1) is 18.4. The molecule has 4 rings (SSSR count). The number of ether oxygens (including phenoxy) is 2. The van der Waals surface area contributed by atoms with Gasteiger partial charge in [0.05, 0.1) is 23.8 Å². The van der Waals surface area contributed by atoms with Gasteiger partial charge >= 0.3 is 0 Å². The monoisotopic (exact) mass is 494 g/mol. The Labute approximate surface area is 176 Å². The average Bonchev–Trinajstić information content (AvgIpc) is 2.68. The van der Waals surface area contributed by atoms with Crippen LogP contribution in [0.15, 0.2) is 35.9 Å². The van der Waals surface area contributed by atoms with E-state index in [4.69, 9.17) is 21.7 Å². The lowest BCUT2D eigenvalue weighted by molar-refractivity contribution is 0.370. The molecule has 0 amide bonds. The first-order chi connectivity index (χ1) is 13.0. The van der Waals surface area contributed by atoms with Gasteiger partial charge in [0.25, 0.3) is 0 Å². The highest BCUT2D eigenvalue weighted by atomic mass is 127. The van der Waals surface area contributed by atoms with E-state index in [1.54, 1.807) is 14.2 Å². The number of nitrogens with one attached hydrogen (secondary N) is 2. The zero-order chi connectivity index (χ0) is 19.1. The summed E-state index contributed by atoms with van der Waals surface area (Å²) in [5, 5.41) is 17.5. The molecule has 3 N–H and O–H groups in total. The highest BCUT2D eigenvalue weighted by Crippen LogP contribution is 2.42. The number of thiocarbonyl (C=S) groups is 1. The molecule has 0 saturated carbocycles. The summed E-state index contributed by atoms with van der Waals surface area (Å²) in [6.45, 7) is 0. The summed E-state index contributed by atoms with van der Waals surface area (Å²) in [5.41, 5.74) is 5.75. The van der Waals surface area contributed by atoms with Crippen molar-refractivity contribution in [2.24, 2.45) is 0 Å². The van der Waals surface area contributed by atoms with Crippen LogP contribution in [0, 0.1) is 3.57 Å². The van der Waals surface area contributed by atoms with E-state index >= 15 is 0 Å².